The first-order valence-corrected chi connectivity index (χ1v) is 8.00. The highest BCUT2D eigenvalue weighted by molar-refractivity contribution is 7.87. The lowest BCUT2D eigenvalue weighted by Crippen LogP contribution is -2.36. The van der Waals surface area contributed by atoms with Crippen LogP contribution in [0.25, 0.3) is 0 Å². The molecule has 1 aromatic rings. The van der Waals surface area contributed by atoms with Crippen LogP contribution in [0.1, 0.15) is 44.0 Å². The van der Waals surface area contributed by atoms with Gasteiger partial charge in [0, 0.05) is 20.1 Å². The van der Waals surface area contributed by atoms with E-state index in [0.29, 0.717) is 11.9 Å². The Kier molecular flexibility index (Phi) is 4.54. The minimum atomic E-state index is -3.42. The second-order valence-electron chi connectivity index (χ2n) is 5.05. The van der Waals surface area contributed by atoms with Gasteiger partial charge in [0.05, 0.1) is 6.54 Å². The van der Waals surface area contributed by atoms with E-state index in [1.165, 1.54) is 33.4 Å². The van der Waals surface area contributed by atoms with Crippen molar-refractivity contribution in [1.82, 2.24) is 23.8 Å². The maximum atomic E-state index is 11.7. The largest absolute Gasteiger partial charge is 0.313 e. The molecule has 1 aliphatic carbocycles. The Morgan fingerprint density at radius 1 is 1.37 bits per heavy atom. The molecule has 0 bridgehead atoms. The number of hydrogen-bond acceptors (Lipinski definition) is 4. The smallest absolute Gasteiger partial charge is 0.279 e. The summed E-state index contributed by atoms with van der Waals surface area (Å²) in [6.45, 7) is 0.178. The van der Waals surface area contributed by atoms with Crippen molar-refractivity contribution in [2.75, 3.05) is 14.1 Å². The van der Waals surface area contributed by atoms with Crippen molar-refractivity contribution in [2.24, 2.45) is 0 Å². The highest BCUT2D eigenvalue weighted by Gasteiger charge is 2.20. The van der Waals surface area contributed by atoms with Crippen molar-refractivity contribution >= 4 is 10.2 Å². The second kappa shape index (κ2) is 5.98. The molecule has 0 saturated heterocycles. The number of nitrogens with zero attached hydrogens (tertiary/aromatic N) is 4. The zero-order chi connectivity index (χ0) is 13.9. The van der Waals surface area contributed by atoms with Crippen LogP contribution in [0.15, 0.2) is 6.33 Å². The molecule has 0 unspecified atom stereocenters. The van der Waals surface area contributed by atoms with Crippen LogP contribution in [0.4, 0.5) is 0 Å². The summed E-state index contributed by atoms with van der Waals surface area (Å²) >= 11 is 0. The van der Waals surface area contributed by atoms with Gasteiger partial charge in [-0.25, -0.2) is 0 Å². The van der Waals surface area contributed by atoms with Crippen molar-refractivity contribution in [1.29, 1.82) is 0 Å². The first-order chi connectivity index (χ1) is 9.00. The normalized spacial score (nSPS) is 18.1. The third kappa shape index (κ3) is 3.52. The maximum absolute atomic E-state index is 11.7. The Labute approximate surface area is 114 Å². The summed E-state index contributed by atoms with van der Waals surface area (Å²) in [6.07, 6.45) is 7.64. The first kappa shape index (κ1) is 14.4. The molecule has 0 aliphatic heterocycles. The standard InChI is InChI=1S/C11H21N5O2S/c1-15(2)19(17,18)13-8-11-14-12-9-16(11)10-6-4-3-5-7-10/h9-10,13H,3-8H2,1-2H3. The van der Waals surface area contributed by atoms with Gasteiger partial charge in [-0.2, -0.15) is 17.4 Å². The number of nitrogens with one attached hydrogen (secondary N) is 1. The van der Waals surface area contributed by atoms with Gasteiger partial charge in [-0.1, -0.05) is 19.3 Å². The van der Waals surface area contributed by atoms with E-state index < -0.39 is 10.2 Å². The van der Waals surface area contributed by atoms with E-state index in [1.54, 1.807) is 6.33 Å². The molecule has 108 valence electrons. The molecule has 1 aromatic heterocycles. The highest BCUT2D eigenvalue weighted by atomic mass is 32.2. The minimum absolute atomic E-state index is 0.178. The van der Waals surface area contributed by atoms with Crippen LogP contribution in [-0.4, -0.2) is 41.6 Å². The molecule has 1 heterocycles. The van der Waals surface area contributed by atoms with Crippen LogP contribution in [0.3, 0.4) is 0 Å². The van der Waals surface area contributed by atoms with Gasteiger partial charge in [0.2, 0.25) is 0 Å². The van der Waals surface area contributed by atoms with Gasteiger partial charge in [-0.05, 0) is 12.8 Å². The molecular formula is C11H21N5O2S. The molecule has 0 radical (unpaired) electrons. The molecule has 1 saturated carbocycles. The number of aromatic nitrogens is 3. The van der Waals surface area contributed by atoms with Gasteiger partial charge in [-0.3, -0.25) is 0 Å². The zero-order valence-corrected chi connectivity index (χ0v) is 12.2. The lowest BCUT2D eigenvalue weighted by molar-refractivity contribution is 0.344. The molecule has 0 amide bonds. The Hall–Kier alpha value is -0.990. The fourth-order valence-corrected chi connectivity index (χ4v) is 2.91. The van der Waals surface area contributed by atoms with Crippen molar-refractivity contribution in [3.8, 4) is 0 Å². The molecule has 0 aromatic carbocycles. The molecule has 8 heteroatoms. The van der Waals surface area contributed by atoms with Gasteiger partial charge in [0.15, 0.2) is 0 Å². The maximum Gasteiger partial charge on any atom is 0.279 e. The Morgan fingerprint density at radius 3 is 2.68 bits per heavy atom. The van der Waals surface area contributed by atoms with E-state index >= 15 is 0 Å². The van der Waals surface area contributed by atoms with Crippen molar-refractivity contribution in [3.05, 3.63) is 12.2 Å². The Bertz CT molecular complexity index is 505. The SMILES string of the molecule is CN(C)S(=O)(=O)NCc1nncn1C1CCCCC1. The molecular weight excluding hydrogens is 266 g/mol. The number of hydrogen-bond donors (Lipinski definition) is 1. The van der Waals surface area contributed by atoms with Crippen molar-refractivity contribution < 1.29 is 8.42 Å². The van der Waals surface area contributed by atoms with Crippen LogP contribution < -0.4 is 4.72 Å². The third-order valence-corrected chi connectivity index (χ3v) is 4.98. The predicted molar refractivity (Wildman–Crippen MR) is 71.6 cm³/mol. The summed E-state index contributed by atoms with van der Waals surface area (Å²) < 4.78 is 29.0. The van der Waals surface area contributed by atoms with Gasteiger partial charge < -0.3 is 4.57 Å². The van der Waals surface area contributed by atoms with Gasteiger partial charge >= 0.3 is 0 Å². The Morgan fingerprint density at radius 2 is 2.05 bits per heavy atom. The van der Waals surface area contributed by atoms with Gasteiger partial charge in [0.1, 0.15) is 12.2 Å². The molecule has 0 atom stereocenters. The van der Waals surface area contributed by atoms with Crippen LogP contribution in [-0.2, 0) is 16.8 Å². The second-order valence-corrected chi connectivity index (χ2v) is 7.02. The van der Waals surface area contributed by atoms with Gasteiger partial charge in [-0.15, -0.1) is 10.2 Å². The van der Waals surface area contributed by atoms with Crippen LogP contribution >= 0.6 is 0 Å². The molecule has 1 aliphatic rings. The monoisotopic (exact) mass is 287 g/mol. The summed E-state index contributed by atoms with van der Waals surface area (Å²) in [4.78, 5) is 0. The summed E-state index contributed by atoms with van der Waals surface area (Å²) in [5.41, 5.74) is 0. The summed E-state index contributed by atoms with van der Waals surface area (Å²) in [5.74, 6) is 0.678. The summed E-state index contributed by atoms with van der Waals surface area (Å²) in [7, 11) is -0.431. The molecule has 1 fully saturated rings. The lowest BCUT2D eigenvalue weighted by Gasteiger charge is -2.24. The Balaban J connectivity index is 2.03. The molecule has 2 rings (SSSR count). The molecule has 7 nitrogen and oxygen atoms in total. The van der Waals surface area contributed by atoms with Crippen molar-refractivity contribution in [2.45, 2.75) is 44.7 Å². The highest BCUT2D eigenvalue weighted by Crippen LogP contribution is 2.28. The number of rotatable bonds is 5. The average Bonchev–Trinajstić information content (AvgIpc) is 2.85. The van der Waals surface area contributed by atoms with Crippen molar-refractivity contribution in [3.63, 3.8) is 0 Å². The van der Waals surface area contributed by atoms with E-state index in [1.807, 2.05) is 4.57 Å². The van der Waals surface area contributed by atoms with E-state index in [0.717, 1.165) is 17.1 Å². The zero-order valence-electron chi connectivity index (χ0n) is 11.4. The fourth-order valence-electron chi connectivity index (χ4n) is 2.34. The summed E-state index contributed by atoms with van der Waals surface area (Å²) in [6, 6.07) is 0.405. The molecule has 0 spiro atoms. The minimum Gasteiger partial charge on any atom is -0.313 e. The molecule has 19 heavy (non-hydrogen) atoms. The molecule has 1 N–H and O–H groups in total. The topological polar surface area (TPSA) is 80.1 Å². The summed E-state index contributed by atoms with van der Waals surface area (Å²) in [5, 5.41) is 7.93. The average molecular weight is 287 g/mol. The van der Waals surface area contributed by atoms with E-state index in [4.69, 9.17) is 0 Å². The first-order valence-electron chi connectivity index (χ1n) is 6.56. The van der Waals surface area contributed by atoms with Crippen LogP contribution in [0.2, 0.25) is 0 Å². The van der Waals surface area contributed by atoms with Gasteiger partial charge in [0.25, 0.3) is 10.2 Å². The predicted octanol–water partition coefficient (Wildman–Crippen LogP) is 0.679. The van der Waals surface area contributed by atoms with Crippen LogP contribution in [0.5, 0.6) is 0 Å². The fraction of sp³-hybridized carbons (Fsp3) is 0.818. The van der Waals surface area contributed by atoms with Crippen LogP contribution in [0, 0.1) is 0 Å². The quantitative estimate of drug-likeness (QED) is 0.863. The van der Waals surface area contributed by atoms with E-state index in [9.17, 15) is 8.42 Å². The van der Waals surface area contributed by atoms with E-state index in [2.05, 4.69) is 14.9 Å². The third-order valence-electron chi connectivity index (χ3n) is 3.51. The lowest BCUT2D eigenvalue weighted by atomic mass is 9.95. The van der Waals surface area contributed by atoms with E-state index in [-0.39, 0.29) is 6.54 Å².